The van der Waals surface area contributed by atoms with Crippen molar-refractivity contribution in [1.82, 2.24) is 9.97 Å². The summed E-state index contributed by atoms with van der Waals surface area (Å²) in [5, 5.41) is 0. The minimum atomic E-state index is 0.310. The van der Waals surface area contributed by atoms with Crippen molar-refractivity contribution in [2.24, 2.45) is 0 Å². The largest absolute Gasteiger partial charge is 0.368 e. The van der Waals surface area contributed by atoms with Crippen molar-refractivity contribution < 1.29 is 0 Å². The van der Waals surface area contributed by atoms with Crippen LogP contribution in [0.5, 0.6) is 0 Å². The summed E-state index contributed by atoms with van der Waals surface area (Å²) in [6.45, 7) is 1.90. The first-order chi connectivity index (χ1) is 7.15. The van der Waals surface area contributed by atoms with Crippen molar-refractivity contribution in [3.63, 3.8) is 0 Å². The molecule has 0 aliphatic carbocycles. The number of nitrogen functional groups attached to an aromatic ring is 1. The Bertz CT molecular complexity index is 477. The zero-order valence-corrected chi connectivity index (χ0v) is 9.82. The summed E-state index contributed by atoms with van der Waals surface area (Å²) in [7, 11) is 0. The second-order valence-corrected chi connectivity index (χ2v) is 4.18. The van der Waals surface area contributed by atoms with Gasteiger partial charge in [0, 0.05) is 15.7 Å². The summed E-state index contributed by atoms with van der Waals surface area (Å²) in [5.41, 5.74) is 8.35. The highest BCUT2D eigenvalue weighted by molar-refractivity contribution is 9.10. The third-order valence-corrected chi connectivity index (χ3v) is 2.49. The number of nitrogens with zero attached hydrogens (tertiary/aromatic N) is 2. The Kier molecular flexibility index (Phi) is 2.68. The van der Waals surface area contributed by atoms with Crippen molar-refractivity contribution >= 4 is 21.9 Å². The van der Waals surface area contributed by atoms with E-state index in [4.69, 9.17) is 5.73 Å². The maximum Gasteiger partial charge on any atom is 0.220 e. The van der Waals surface area contributed by atoms with E-state index in [0.29, 0.717) is 5.95 Å². The fraction of sp³-hybridized carbons (Fsp3) is 0.0909. The Morgan fingerprint density at radius 1 is 1.20 bits per heavy atom. The molecule has 0 amide bonds. The quantitative estimate of drug-likeness (QED) is 0.861. The van der Waals surface area contributed by atoms with E-state index in [9.17, 15) is 0 Å². The molecule has 3 nitrogen and oxygen atoms in total. The fourth-order valence-electron chi connectivity index (χ4n) is 1.39. The van der Waals surface area contributed by atoms with Gasteiger partial charge in [0.1, 0.15) is 0 Å². The second kappa shape index (κ2) is 3.98. The maximum absolute atomic E-state index is 5.60. The van der Waals surface area contributed by atoms with Gasteiger partial charge in [0.2, 0.25) is 5.95 Å². The van der Waals surface area contributed by atoms with Gasteiger partial charge in [-0.05, 0) is 25.1 Å². The zero-order chi connectivity index (χ0) is 10.8. The second-order valence-electron chi connectivity index (χ2n) is 3.26. The van der Waals surface area contributed by atoms with Crippen LogP contribution in [0.3, 0.4) is 0 Å². The molecule has 0 radical (unpaired) electrons. The molecule has 0 saturated carbocycles. The van der Waals surface area contributed by atoms with Crippen molar-refractivity contribution in [1.29, 1.82) is 0 Å². The molecular weight excluding hydrogens is 254 g/mol. The number of hydrogen-bond donors (Lipinski definition) is 1. The molecule has 76 valence electrons. The number of hydrogen-bond acceptors (Lipinski definition) is 3. The van der Waals surface area contributed by atoms with Gasteiger partial charge in [-0.2, -0.15) is 0 Å². The van der Waals surface area contributed by atoms with E-state index in [2.05, 4.69) is 25.9 Å². The van der Waals surface area contributed by atoms with Crippen LogP contribution < -0.4 is 5.73 Å². The van der Waals surface area contributed by atoms with Crippen LogP contribution in [0.1, 0.15) is 5.69 Å². The van der Waals surface area contributed by atoms with E-state index in [1.54, 1.807) is 0 Å². The monoisotopic (exact) mass is 263 g/mol. The van der Waals surface area contributed by atoms with Crippen LogP contribution in [-0.2, 0) is 0 Å². The van der Waals surface area contributed by atoms with Gasteiger partial charge in [0.25, 0.3) is 0 Å². The summed E-state index contributed by atoms with van der Waals surface area (Å²) in [5.74, 6) is 0.310. The Morgan fingerprint density at radius 2 is 2.00 bits per heavy atom. The number of halogens is 1. The molecule has 0 aliphatic rings. The Balaban J connectivity index is 2.54. The van der Waals surface area contributed by atoms with E-state index in [-0.39, 0.29) is 0 Å². The Hall–Kier alpha value is -1.42. The van der Waals surface area contributed by atoms with Crippen molar-refractivity contribution in [2.45, 2.75) is 6.92 Å². The number of aryl methyl sites for hydroxylation is 1. The Morgan fingerprint density at radius 3 is 2.67 bits per heavy atom. The van der Waals surface area contributed by atoms with Crippen molar-refractivity contribution in [3.05, 3.63) is 40.5 Å². The summed E-state index contributed by atoms with van der Waals surface area (Å²) in [6, 6.07) is 9.85. The SMILES string of the molecule is Cc1cc(-c2cccc(Br)c2)nc(N)n1. The minimum absolute atomic E-state index is 0.310. The van der Waals surface area contributed by atoms with Crippen molar-refractivity contribution in [2.75, 3.05) is 5.73 Å². The van der Waals surface area contributed by atoms with Gasteiger partial charge >= 0.3 is 0 Å². The van der Waals surface area contributed by atoms with Gasteiger partial charge < -0.3 is 5.73 Å². The van der Waals surface area contributed by atoms with Crippen molar-refractivity contribution in [3.8, 4) is 11.3 Å². The first-order valence-electron chi connectivity index (χ1n) is 4.52. The molecule has 1 aromatic carbocycles. The number of rotatable bonds is 1. The highest BCUT2D eigenvalue weighted by atomic mass is 79.9. The standard InChI is InChI=1S/C11H10BrN3/c1-7-5-10(15-11(13)14-7)8-3-2-4-9(12)6-8/h2-6H,1H3,(H2,13,14,15). The molecule has 0 unspecified atom stereocenters. The number of aromatic nitrogens is 2. The van der Waals surface area contributed by atoms with Crippen LogP contribution in [0, 0.1) is 6.92 Å². The lowest BCUT2D eigenvalue weighted by Gasteiger charge is -2.03. The lowest BCUT2D eigenvalue weighted by Crippen LogP contribution is -1.98. The average Bonchev–Trinajstić information content (AvgIpc) is 2.16. The molecule has 1 aromatic heterocycles. The molecule has 0 aliphatic heterocycles. The highest BCUT2D eigenvalue weighted by Gasteiger charge is 2.02. The Labute approximate surface area is 96.5 Å². The van der Waals surface area contributed by atoms with E-state index in [0.717, 1.165) is 21.4 Å². The van der Waals surface area contributed by atoms with Gasteiger partial charge in [-0.3, -0.25) is 0 Å². The zero-order valence-electron chi connectivity index (χ0n) is 8.24. The van der Waals surface area contributed by atoms with Crippen LogP contribution in [0.4, 0.5) is 5.95 Å². The smallest absolute Gasteiger partial charge is 0.220 e. The summed E-state index contributed by atoms with van der Waals surface area (Å²) >= 11 is 3.42. The first kappa shape index (κ1) is 10.1. The predicted molar refractivity (Wildman–Crippen MR) is 64.3 cm³/mol. The summed E-state index contributed by atoms with van der Waals surface area (Å²) in [4.78, 5) is 8.23. The van der Waals surface area contributed by atoms with E-state index < -0.39 is 0 Å². The molecule has 0 saturated heterocycles. The predicted octanol–water partition coefficient (Wildman–Crippen LogP) is 2.80. The van der Waals surface area contributed by atoms with Crippen LogP contribution in [-0.4, -0.2) is 9.97 Å². The molecule has 0 spiro atoms. The average molecular weight is 264 g/mol. The normalized spacial score (nSPS) is 10.3. The molecule has 0 bridgehead atoms. The van der Waals surface area contributed by atoms with E-state index >= 15 is 0 Å². The first-order valence-corrected chi connectivity index (χ1v) is 5.31. The fourth-order valence-corrected chi connectivity index (χ4v) is 1.79. The van der Waals surface area contributed by atoms with Crippen LogP contribution in [0.2, 0.25) is 0 Å². The molecule has 15 heavy (non-hydrogen) atoms. The number of benzene rings is 1. The maximum atomic E-state index is 5.60. The minimum Gasteiger partial charge on any atom is -0.368 e. The lowest BCUT2D eigenvalue weighted by molar-refractivity contribution is 1.12. The lowest BCUT2D eigenvalue weighted by atomic mass is 10.1. The molecule has 2 rings (SSSR count). The molecule has 1 heterocycles. The molecule has 0 fully saturated rings. The third kappa shape index (κ3) is 2.33. The molecule has 0 atom stereocenters. The summed E-state index contributed by atoms with van der Waals surface area (Å²) < 4.78 is 1.02. The molecule has 4 heteroatoms. The van der Waals surface area contributed by atoms with Crippen LogP contribution in [0.15, 0.2) is 34.8 Å². The van der Waals surface area contributed by atoms with Gasteiger partial charge in [-0.1, -0.05) is 28.1 Å². The number of nitrogens with two attached hydrogens (primary N) is 1. The molecular formula is C11H10BrN3. The van der Waals surface area contributed by atoms with Crippen LogP contribution in [0.25, 0.3) is 11.3 Å². The molecule has 2 N–H and O–H groups in total. The topological polar surface area (TPSA) is 51.8 Å². The van der Waals surface area contributed by atoms with Gasteiger partial charge in [0.15, 0.2) is 0 Å². The van der Waals surface area contributed by atoms with E-state index in [1.165, 1.54) is 0 Å². The van der Waals surface area contributed by atoms with Crippen LogP contribution >= 0.6 is 15.9 Å². The summed E-state index contributed by atoms with van der Waals surface area (Å²) in [6.07, 6.45) is 0. The van der Waals surface area contributed by atoms with E-state index in [1.807, 2.05) is 37.3 Å². The van der Waals surface area contributed by atoms with Gasteiger partial charge in [-0.25, -0.2) is 9.97 Å². The number of anilines is 1. The van der Waals surface area contributed by atoms with Gasteiger partial charge in [0.05, 0.1) is 5.69 Å². The molecule has 2 aromatic rings. The van der Waals surface area contributed by atoms with Gasteiger partial charge in [-0.15, -0.1) is 0 Å². The highest BCUT2D eigenvalue weighted by Crippen LogP contribution is 2.21. The third-order valence-electron chi connectivity index (χ3n) is 1.99.